The molecule has 0 spiro atoms. The molecular formula is C22H25IN6O2S. The Balaban J connectivity index is 0.00000245. The Hall–Kier alpha value is -2.44. The summed E-state index contributed by atoms with van der Waals surface area (Å²) in [5, 5.41) is 8.33. The number of nitrogens with one attached hydrogen (secondary N) is 1. The van der Waals surface area contributed by atoms with Crippen LogP contribution in [-0.4, -0.2) is 59.1 Å². The molecule has 0 atom stereocenters. The van der Waals surface area contributed by atoms with Crippen LogP contribution in [0, 0.1) is 0 Å². The number of nitrogens with zero attached hydrogens (tertiary/aromatic N) is 5. The van der Waals surface area contributed by atoms with E-state index in [1.807, 2.05) is 43.4 Å². The van der Waals surface area contributed by atoms with Gasteiger partial charge in [0.1, 0.15) is 12.0 Å². The largest absolute Gasteiger partial charge is 0.457 e. The van der Waals surface area contributed by atoms with Crippen LogP contribution in [0.15, 0.2) is 62.7 Å². The second kappa shape index (κ2) is 10.5. The lowest BCUT2D eigenvalue weighted by molar-refractivity contribution is 0.169. The molecule has 1 aliphatic heterocycles. The number of aliphatic imine (C=N–C) groups is 1. The molecular weight excluding hydrogens is 539 g/mol. The Morgan fingerprint density at radius 3 is 2.72 bits per heavy atom. The molecule has 8 nitrogen and oxygen atoms in total. The van der Waals surface area contributed by atoms with Gasteiger partial charge < -0.3 is 19.2 Å². The fourth-order valence-electron chi connectivity index (χ4n) is 3.73. The highest BCUT2D eigenvalue weighted by Gasteiger charge is 2.20. The molecule has 1 aromatic carbocycles. The molecule has 168 valence electrons. The highest BCUT2D eigenvalue weighted by molar-refractivity contribution is 14.0. The van der Waals surface area contributed by atoms with Crippen molar-refractivity contribution in [1.82, 2.24) is 25.3 Å². The number of para-hydroxylation sites is 1. The van der Waals surface area contributed by atoms with E-state index in [9.17, 15) is 0 Å². The molecule has 0 unspecified atom stereocenters. The van der Waals surface area contributed by atoms with Gasteiger partial charge in [-0.25, -0.2) is 4.98 Å². The number of fused-ring (bicyclic) bond motifs is 1. The molecule has 1 aliphatic rings. The molecule has 5 rings (SSSR count). The molecule has 0 saturated carbocycles. The topological polar surface area (TPSA) is 82.9 Å². The number of hydrogen-bond donors (Lipinski definition) is 1. The Labute approximate surface area is 207 Å². The van der Waals surface area contributed by atoms with Gasteiger partial charge in [0.15, 0.2) is 16.7 Å². The average Bonchev–Trinajstić information content (AvgIpc) is 3.56. The first-order chi connectivity index (χ1) is 15.3. The Kier molecular flexibility index (Phi) is 7.43. The number of benzene rings is 1. The smallest absolute Gasteiger partial charge is 0.194 e. The van der Waals surface area contributed by atoms with Crippen LogP contribution >= 0.6 is 35.3 Å². The van der Waals surface area contributed by atoms with Crippen LogP contribution in [0.3, 0.4) is 0 Å². The summed E-state index contributed by atoms with van der Waals surface area (Å²) in [6, 6.07) is 14.0. The van der Waals surface area contributed by atoms with Gasteiger partial charge in [-0.15, -0.1) is 35.3 Å². The molecule has 10 heteroatoms. The number of thiazole rings is 1. The summed E-state index contributed by atoms with van der Waals surface area (Å²) in [5.41, 5.74) is 1.97. The van der Waals surface area contributed by atoms with Crippen molar-refractivity contribution in [2.75, 3.05) is 33.2 Å². The van der Waals surface area contributed by atoms with E-state index in [-0.39, 0.29) is 24.0 Å². The fourth-order valence-corrected chi connectivity index (χ4v) is 4.66. The van der Waals surface area contributed by atoms with Crippen molar-refractivity contribution in [2.45, 2.75) is 13.1 Å². The van der Waals surface area contributed by atoms with Crippen LogP contribution in [0.5, 0.6) is 0 Å². The second-order valence-corrected chi connectivity index (χ2v) is 8.44. The van der Waals surface area contributed by atoms with Gasteiger partial charge in [0.05, 0.1) is 22.5 Å². The number of rotatable bonds is 5. The highest BCUT2D eigenvalue weighted by atomic mass is 127. The SMILES string of the molecule is CN=C(NCc1ccc(-c2nc3ccccc3s2)o1)N1CCN(Cc2ccon2)CC1.I. The summed E-state index contributed by atoms with van der Waals surface area (Å²) in [6.45, 7) is 5.12. The lowest BCUT2D eigenvalue weighted by Gasteiger charge is -2.36. The van der Waals surface area contributed by atoms with E-state index in [4.69, 9.17) is 8.94 Å². The zero-order valence-corrected chi connectivity index (χ0v) is 20.9. The maximum absolute atomic E-state index is 6.05. The number of halogens is 1. The van der Waals surface area contributed by atoms with E-state index in [0.717, 1.165) is 71.1 Å². The van der Waals surface area contributed by atoms with Gasteiger partial charge in [-0.05, 0) is 24.3 Å². The minimum Gasteiger partial charge on any atom is -0.457 e. The number of guanidine groups is 1. The molecule has 0 bridgehead atoms. The molecule has 0 radical (unpaired) electrons. The third kappa shape index (κ3) is 5.13. The summed E-state index contributed by atoms with van der Waals surface area (Å²) in [6.07, 6.45) is 1.62. The zero-order chi connectivity index (χ0) is 21.0. The molecule has 3 aromatic heterocycles. The molecule has 4 aromatic rings. The van der Waals surface area contributed by atoms with Gasteiger partial charge in [-0.3, -0.25) is 9.89 Å². The lowest BCUT2D eigenvalue weighted by Crippen LogP contribution is -2.52. The highest BCUT2D eigenvalue weighted by Crippen LogP contribution is 2.31. The van der Waals surface area contributed by atoms with E-state index in [0.29, 0.717) is 6.54 Å². The number of piperazine rings is 1. The van der Waals surface area contributed by atoms with Crippen molar-refractivity contribution >= 4 is 51.5 Å². The van der Waals surface area contributed by atoms with Gasteiger partial charge in [-0.1, -0.05) is 17.3 Å². The van der Waals surface area contributed by atoms with Crippen molar-refractivity contribution < 1.29 is 8.94 Å². The minimum atomic E-state index is 0. The van der Waals surface area contributed by atoms with Crippen molar-refractivity contribution in [1.29, 1.82) is 0 Å². The molecule has 32 heavy (non-hydrogen) atoms. The third-order valence-electron chi connectivity index (χ3n) is 5.35. The van der Waals surface area contributed by atoms with Crippen LogP contribution in [0.4, 0.5) is 0 Å². The summed E-state index contributed by atoms with van der Waals surface area (Å²) >= 11 is 1.64. The van der Waals surface area contributed by atoms with E-state index >= 15 is 0 Å². The van der Waals surface area contributed by atoms with Gasteiger partial charge in [0.2, 0.25) is 0 Å². The minimum absolute atomic E-state index is 0. The maximum atomic E-state index is 6.05. The Bertz CT molecular complexity index is 1130. The summed E-state index contributed by atoms with van der Waals surface area (Å²) in [7, 11) is 1.82. The zero-order valence-electron chi connectivity index (χ0n) is 17.7. The first-order valence-electron chi connectivity index (χ1n) is 10.3. The van der Waals surface area contributed by atoms with Crippen LogP contribution in [0.2, 0.25) is 0 Å². The standard InChI is InChI=1S/C22H24N6O2S.HI/c1-23-22(28-11-9-27(10-12-28)15-16-8-13-29-26-16)24-14-17-6-7-19(30-17)21-25-18-4-2-3-5-20(18)31-21;/h2-8,13H,9-12,14-15H2,1H3,(H,23,24);1H. The summed E-state index contributed by atoms with van der Waals surface area (Å²) in [4.78, 5) is 13.8. The Morgan fingerprint density at radius 1 is 1.12 bits per heavy atom. The normalized spacial score (nSPS) is 15.2. The molecule has 0 aliphatic carbocycles. The van der Waals surface area contributed by atoms with E-state index < -0.39 is 0 Å². The first-order valence-corrected chi connectivity index (χ1v) is 11.1. The average molecular weight is 564 g/mol. The van der Waals surface area contributed by atoms with E-state index in [1.165, 1.54) is 0 Å². The van der Waals surface area contributed by atoms with Gasteiger partial charge >= 0.3 is 0 Å². The number of aromatic nitrogens is 2. The summed E-state index contributed by atoms with van der Waals surface area (Å²) in [5.74, 6) is 2.55. The molecule has 1 fully saturated rings. The number of furan rings is 1. The monoisotopic (exact) mass is 564 g/mol. The third-order valence-corrected chi connectivity index (χ3v) is 6.40. The van der Waals surface area contributed by atoms with Gasteiger partial charge in [0.25, 0.3) is 0 Å². The maximum Gasteiger partial charge on any atom is 0.194 e. The van der Waals surface area contributed by atoms with Crippen LogP contribution < -0.4 is 5.32 Å². The van der Waals surface area contributed by atoms with Crippen LogP contribution in [0.25, 0.3) is 21.0 Å². The van der Waals surface area contributed by atoms with Crippen molar-refractivity contribution in [3.63, 3.8) is 0 Å². The summed E-state index contributed by atoms with van der Waals surface area (Å²) < 4.78 is 12.1. The van der Waals surface area contributed by atoms with E-state index in [2.05, 4.69) is 36.3 Å². The fraction of sp³-hybridized carbons (Fsp3) is 0.318. The van der Waals surface area contributed by atoms with Crippen LogP contribution in [-0.2, 0) is 13.1 Å². The van der Waals surface area contributed by atoms with Crippen molar-refractivity contribution in [3.05, 3.63) is 60.2 Å². The van der Waals surface area contributed by atoms with Crippen molar-refractivity contribution in [2.24, 2.45) is 4.99 Å². The molecule has 4 heterocycles. The van der Waals surface area contributed by atoms with Gasteiger partial charge in [-0.2, -0.15) is 0 Å². The van der Waals surface area contributed by atoms with Crippen LogP contribution in [0.1, 0.15) is 11.5 Å². The molecule has 1 saturated heterocycles. The quantitative estimate of drug-likeness (QED) is 0.223. The predicted molar refractivity (Wildman–Crippen MR) is 136 cm³/mol. The van der Waals surface area contributed by atoms with Gasteiger partial charge in [0, 0.05) is 45.8 Å². The second-order valence-electron chi connectivity index (χ2n) is 7.41. The lowest BCUT2D eigenvalue weighted by atomic mass is 10.3. The molecule has 0 amide bonds. The predicted octanol–water partition coefficient (Wildman–Crippen LogP) is 4.06. The number of hydrogen-bond acceptors (Lipinski definition) is 7. The van der Waals surface area contributed by atoms with Crippen molar-refractivity contribution in [3.8, 4) is 10.8 Å². The Morgan fingerprint density at radius 2 is 1.97 bits per heavy atom. The van der Waals surface area contributed by atoms with E-state index in [1.54, 1.807) is 17.6 Å². The first kappa shape index (κ1) is 22.7. The molecule has 1 N–H and O–H groups in total.